The first-order chi connectivity index (χ1) is 10.3. The van der Waals surface area contributed by atoms with Crippen LogP contribution in [0.25, 0.3) is 0 Å². The number of pyridine rings is 2. The van der Waals surface area contributed by atoms with Gasteiger partial charge in [0, 0.05) is 56.4 Å². The molecule has 2 heterocycles. The van der Waals surface area contributed by atoms with Crippen LogP contribution < -0.4 is 10.2 Å². The van der Waals surface area contributed by atoms with Gasteiger partial charge in [-0.3, -0.25) is 9.97 Å². The summed E-state index contributed by atoms with van der Waals surface area (Å²) in [5, 5.41) is 3.51. The Balaban J connectivity index is 1.55. The summed E-state index contributed by atoms with van der Waals surface area (Å²) < 4.78 is 0. The lowest BCUT2D eigenvalue weighted by Gasteiger charge is -2.19. The van der Waals surface area contributed by atoms with Crippen LogP contribution >= 0.6 is 0 Å². The normalized spacial score (nSPS) is 14.1. The Bertz CT molecular complexity index is 566. The smallest absolute Gasteiger partial charge is 0.0562 e. The molecular formula is C17H22N4. The SMILES string of the molecule is CN(CCc1ccccn1)c1ccnc(CNC2CC2)c1. The van der Waals surface area contributed by atoms with E-state index in [4.69, 9.17) is 0 Å². The molecule has 1 fully saturated rings. The highest BCUT2D eigenvalue weighted by atomic mass is 15.1. The van der Waals surface area contributed by atoms with E-state index in [1.807, 2.05) is 24.5 Å². The molecule has 3 rings (SSSR count). The first-order valence-electron chi connectivity index (χ1n) is 7.60. The van der Waals surface area contributed by atoms with Crippen molar-refractivity contribution >= 4 is 5.69 Å². The molecule has 21 heavy (non-hydrogen) atoms. The average molecular weight is 282 g/mol. The minimum absolute atomic E-state index is 0.720. The summed E-state index contributed by atoms with van der Waals surface area (Å²) >= 11 is 0. The van der Waals surface area contributed by atoms with Crippen molar-refractivity contribution in [2.24, 2.45) is 0 Å². The molecule has 0 bridgehead atoms. The van der Waals surface area contributed by atoms with Crippen molar-refractivity contribution in [1.29, 1.82) is 0 Å². The van der Waals surface area contributed by atoms with Crippen LogP contribution in [0.2, 0.25) is 0 Å². The third-order valence-corrected chi connectivity index (χ3v) is 3.82. The lowest BCUT2D eigenvalue weighted by Crippen LogP contribution is -2.21. The van der Waals surface area contributed by atoms with E-state index in [1.165, 1.54) is 18.5 Å². The number of hydrogen-bond donors (Lipinski definition) is 1. The number of nitrogens with one attached hydrogen (secondary N) is 1. The Morgan fingerprint density at radius 1 is 1.14 bits per heavy atom. The molecule has 0 radical (unpaired) electrons. The summed E-state index contributed by atoms with van der Waals surface area (Å²) in [5.41, 5.74) is 3.46. The monoisotopic (exact) mass is 282 g/mol. The highest BCUT2D eigenvalue weighted by molar-refractivity contribution is 5.45. The molecule has 1 aliphatic rings. The molecule has 0 aliphatic heterocycles. The molecule has 4 heteroatoms. The second-order valence-electron chi connectivity index (χ2n) is 5.65. The van der Waals surface area contributed by atoms with E-state index < -0.39 is 0 Å². The van der Waals surface area contributed by atoms with E-state index in [1.54, 1.807) is 0 Å². The van der Waals surface area contributed by atoms with E-state index in [0.717, 1.165) is 36.9 Å². The van der Waals surface area contributed by atoms with Gasteiger partial charge in [0.1, 0.15) is 0 Å². The summed E-state index contributed by atoms with van der Waals surface area (Å²) in [6.45, 7) is 1.82. The Labute approximate surface area is 126 Å². The van der Waals surface area contributed by atoms with E-state index in [9.17, 15) is 0 Å². The molecular weight excluding hydrogens is 260 g/mol. The Hall–Kier alpha value is -1.94. The quantitative estimate of drug-likeness (QED) is 0.846. The number of aromatic nitrogens is 2. The third kappa shape index (κ3) is 4.26. The predicted octanol–water partition coefficient (Wildman–Crippen LogP) is 2.41. The zero-order chi connectivity index (χ0) is 14.5. The molecule has 2 aromatic heterocycles. The third-order valence-electron chi connectivity index (χ3n) is 3.82. The molecule has 110 valence electrons. The van der Waals surface area contributed by atoms with E-state index in [2.05, 4.69) is 45.4 Å². The van der Waals surface area contributed by atoms with Crippen molar-refractivity contribution in [2.75, 3.05) is 18.5 Å². The number of nitrogens with zero attached hydrogens (tertiary/aromatic N) is 3. The summed E-state index contributed by atoms with van der Waals surface area (Å²) in [5.74, 6) is 0. The minimum atomic E-state index is 0.720. The van der Waals surface area contributed by atoms with Crippen molar-refractivity contribution in [1.82, 2.24) is 15.3 Å². The Kier molecular flexibility index (Phi) is 4.46. The van der Waals surface area contributed by atoms with E-state index >= 15 is 0 Å². The van der Waals surface area contributed by atoms with Crippen molar-refractivity contribution < 1.29 is 0 Å². The standard InChI is InChI=1S/C17H22N4/c1-21(11-8-14-4-2-3-9-18-14)17-7-10-19-16(12-17)13-20-15-5-6-15/h2-4,7,9-10,12,15,20H,5-6,8,11,13H2,1H3. The maximum Gasteiger partial charge on any atom is 0.0562 e. The second-order valence-corrected chi connectivity index (χ2v) is 5.65. The zero-order valence-corrected chi connectivity index (χ0v) is 12.5. The minimum Gasteiger partial charge on any atom is -0.374 e. The number of rotatable bonds is 7. The maximum absolute atomic E-state index is 4.44. The van der Waals surface area contributed by atoms with Crippen molar-refractivity contribution in [3.63, 3.8) is 0 Å². The van der Waals surface area contributed by atoms with Crippen LogP contribution in [0, 0.1) is 0 Å². The van der Waals surface area contributed by atoms with Crippen LogP contribution in [-0.4, -0.2) is 29.6 Å². The van der Waals surface area contributed by atoms with E-state index in [-0.39, 0.29) is 0 Å². The molecule has 0 atom stereocenters. The molecule has 1 saturated carbocycles. The largest absolute Gasteiger partial charge is 0.374 e. The maximum atomic E-state index is 4.44. The Morgan fingerprint density at radius 2 is 2.00 bits per heavy atom. The molecule has 2 aromatic rings. The van der Waals surface area contributed by atoms with Gasteiger partial charge in [-0.25, -0.2) is 0 Å². The molecule has 0 amide bonds. The molecule has 4 nitrogen and oxygen atoms in total. The summed E-state index contributed by atoms with van der Waals surface area (Å²) in [6.07, 6.45) is 7.32. The lowest BCUT2D eigenvalue weighted by molar-refractivity contribution is 0.674. The van der Waals surface area contributed by atoms with Gasteiger partial charge in [0.15, 0.2) is 0 Å². The highest BCUT2D eigenvalue weighted by Crippen LogP contribution is 2.20. The van der Waals surface area contributed by atoms with Crippen LogP contribution in [0.5, 0.6) is 0 Å². The average Bonchev–Trinajstić information content (AvgIpc) is 3.36. The fraction of sp³-hybridized carbons (Fsp3) is 0.412. The first-order valence-corrected chi connectivity index (χ1v) is 7.60. The second kappa shape index (κ2) is 6.68. The summed E-state index contributed by atoms with van der Waals surface area (Å²) in [7, 11) is 2.12. The molecule has 0 saturated heterocycles. The van der Waals surface area contributed by atoms with Gasteiger partial charge in [0.2, 0.25) is 0 Å². The lowest BCUT2D eigenvalue weighted by atomic mass is 10.2. The molecule has 1 N–H and O–H groups in total. The van der Waals surface area contributed by atoms with Gasteiger partial charge in [-0.05, 0) is 37.1 Å². The summed E-state index contributed by atoms with van der Waals surface area (Å²) in [6, 6.07) is 11.0. The van der Waals surface area contributed by atoms with Crippen LogP contribution in [0.15, 0.2) is 42.7 Å². The van der Waals surface area contributed by atoms with E-state index in [0.29, 0.717) is 0 Å². The van der Waals surface area contributed by atoms with Gasteiger partial charge in [0.25, 0.3) is 0 Å². The molecule has 1 aliphatic carbocycles. The van der Waals surface area contributed by atoms with Crippen LogP contribution in [-0.2, 0) is 13.0 Å². The predicted molar refractivity (Wildman–Crippen MR) is 85.3 cm³/mol. The van der Waals surface area contributed by atoms with Gasteiger partial charge in [-0.15, -0.1) is 0 Å². The molecule has 0 aromatic carbocycles. The van der Waals surface area contributed by atoms with Gasteiger partial charge < -0.3 is 10.2 Å². The fourth-order valence-electron chi connectivity index (χ4n) is 2.29. The van der Waals surface area contributed by atoms with Gasteiger partial charge in [-0.1, -0.05) is 6.07 Å². The van der Waals surface area contributed by atoms with Crippen molar-refractivity contribution in [2.45, 2.75) is 31.8 Å². The van der Waals surface area contributed by atoms with Gasteiger partial charge in [0.05, 0.1) is 5.69 Å². The van der Waals surface area contributed by atoms with Crippen molar-refractivity contribution in [3.8, 4) is 0 Å². The molecule has 0 spiro atoms. The van der Waals surface area contributed by atoms with Crippen LogP contribution in [0.1, 0.15) is 24.2 Å². The van der Waals surface area contributed by atoms with Crippen LogP contribution in [0.3, 0.4) is 0 Å². The Morgan fingerprint density at radius 3 is 2.76 bits per heavy atom. The first kappa shape index (κ1) is 14.0. The zero-order valence-electron chi connectivity index (χ0n) is 12.5. The van der Waals surface area contributed by atoms with Crippen LogP contribution in [0.4, 0.5) is 5.69 Å². The van der Waals surface area contributed by atoms with Crippen molar-refractivity contribution in [3.05, 3.63) is 54.1 Å². The van der Waals surface area contributed by atoms with Gasteiger partial charge in [-0.2, -0.15) is 0 Å². The summed E-state index contributed by atoms with van der Waals surface area (Å²) in [4.78, 5) is 11.1. The number of likely N-dealkylation sites (N-methyl/N-ethyl adjacent to an activating group) is 1. The van der Waals surface area contributed by atoms with Gasteiger partial charge >= 0.3 is 0 Å². The fourth-order valence-corrected chi connectivity index (χ4v) is 2.29. The highest BCUT2D eigenvalue weighted by Gasteiger charge is 2.20. The number of anilines is 1. The molecule has 0 unspecified atom stereocenters. The number of hydrogen-bond acceptors (Lipinski definition) is 4. The topological polar surface area (TPSA) is 41.1 Å².